The first-order valence-corrected chi connectivity index (χ1v) is 15.0. The predicted molar refractivity (Wildman–Crippen MR) is 183 cm³/mol. The Kier molecular flexibility index (Phi) is 5.99. The zero-order valence-electron chi connectivity index (χ0n) is 24.4. The van der Waals surface area contributed by atoms with Gasteiger partial charge in [-0.2, -0.15) is 0 Å². The van der Waals surface area contributed by atoms with Crippen molar-refractivity contribution in [2.45, 2.75) is 0 Å². The molecule has 0 saturated heterocycles. The highest BCUT2D eigenvalue weighted by molar-refractivity contribution is 6.23. The van der Waals surface area contributed by atoms with Crippen LogP contribution in [0.5, 0.6) is 0 Å². The molecule has 0 N–H and O–H groups in total. The molecule has 0 aliphatic heterocycles. The van der Waals surface area contributed by atoms with Gasteiger partial charge in [0.15, 0.2) is 17.5 Å². The van der Waals surface area contributed by atoms with Gasteiger partial charge >= 0.3 is 0 Å². The van der Waals surface area contributed by atoms with E-state index in [1.165, 1.54) is 16.2 Å². The van der Waals surface area contributed by atoms with E-state index < -0.39 is 0 Å². The molecule has 0 atom stereocenters. The molecule has 5 aromatic heterocycles. The van der Waals surface area contributed by atoms with Crippen molar-refractivity contribution in [1.82, 2.24) is 34.9 Å². The maximum absolute atomic E-state index is 5.22. The molecule has 0 radical (unpaired) electrons. The van der Waals surface area contributed by atoms with E-state index >= 15 is 0 Å². The van der Waals surface area contributed by atoms with Gasteiger partial charge in [-0.25, -0.2) is 19.9 Å². The maximum atomic E-state index is 5.22. The van der Waals surface area contributed by atoms with Gasteiger partial charge in [0, 0.05) is 45.7 Å². The molecule has 46 heavy (non-hydrogen) atoms. The lowest BCUT2D eigenvalue weighted by Crippen LogP contribution is -2.03. The fourth-order valence-corrected chi connectivity index (χ4v) is 6.18. The standard InChI is InChI=1S/C39H23N7/c1-2-12-25-24(11-1)19-20-29-34(25)28-15-5-6-16-31(28)43-36(29)35-27-14-4-3-13-26(27)30(23-42-35)37-44-38(32-17-7-9-21-40-32)46-39(45-37)33-18-8-10-22-41-33/h1-23H. The number of nitrogens with zero attached hydrogens (tertiary/aromatic N) is 7. The highest BCUT2D eigenvalue weighted by Crippen LogP contribution is 2.40. The SMILES string of the molecule is c1ccc(-c2nc(-c3ccccn3)nc(-c3cnc(-c4nc5ccccc5c5c4ccc4ccccc45)c4ccccc34)n2)nc1. The Morgan fingerprint density at radius 2 is 0.978 bits per heavy atom. The Morgan fingerprint density at radius 3 is 1.70 bits per heavy atom. The van der Waals surface area contributed by atoms with Crippen LogP contribution < -0.4 is 0 Å². The van der Waals surface area contributed by atoms with Crippen LogP contribution in [0.1, 0.15) is 0 Å². The van der Waals surface area contributed by atoms with Crippen LogP contribution in [-0.2, 0) is 0 Å². The number of hydrogen-bond donors (Lipinski definition) is 0. The second kappa shape index (κ2) is 10.6. The van der Waals surface area contributed by atoms with Gasteiger partial charge in [-0.1, -0.05) is 91.0 Å². The van der Waals surface area contributed by atoms with E-state index in [0.717, 1.165) is 44.0 Å². The largest absolute Gasteiger partial charge is 0.253 e. The van der Waals surface area contributed by atoms with Crippen LogP contribution in [-0.4, -0.2) is 34.9 Å². The Morgan fingerprint density at radius 1 is 0.370 bits per heavy atom. The molecule has 0 spiro atoms. The second-order valence-corrected chi connectivity index (χ2v) is 11.0. The molecule has 0 aliphatic rings. The number of para-hydroxylation sites is 1. The van der Waals surface area contributed by atoms with Crippen LogP contribution in [0, 0.1) is 0 Å². The van der Waals surface area contributed by atoms with Crippen LogP contribution in [0.2, 0.25) is 0 Å². The fourth-order valence-electron chi connectivity index (χ4n) is 6.18. The third kappa shape index (κ3) is 4.25. The van der Waals surface area contributed by atoms with Crippen molar-refractivity contribution in [2.24, 2.45) is 0 Å². The van der Waals surface area contributed by atoms with Gasteiger partial charge in [-0.05, 0) is 46.5 Å². The van der Waals surface area contributed by atoms with Gasteiger partial charge < -0.3 is 0 Å². The van der Waals surface area contributed by atoms with Crippen molar-refractivity contribution < 1.29 is 0 Å². The predicted octanol–water partition coefficient (Wildman–Crippen LogP) is 8.73. The normalized spacial score (nSPS) is 11.5. The van der Waals surface area contributed by atoms with E-state index in [9.17, 15) is 0 Å². The monoisotopic (exact) mass is 589 g/mol. The molecule has 0 unspecified atom stereocenters. The summed E-state index contributed by atoms with van der Waals surface area (Å²) >= 11 is 0. The van der Waals surface area contributed by atoms with Crippen LogP contribution in [0.3, 0.4) is 0 Å². The summed E-state index contributed by atoms with van der Waals surface area (Å²) in [6.07, 6.45) is 5.31. The summed E-state index contributed by atoms with van der Waals surface area (Å²) < 4.78 is 0. The lowest BCUT2D eigenvalue weighted by atomic mass is 9.95. The average Bonchev–Trinajstić information content (AvgIpc) is 3.14. The summed E-state index contributed by atoms with van der Waals surface area (Å²) in [6, 6.07) is 40.7. The molecule has 5 heterocycles. The molecule has 214 valence electrons. The molecule has 0 aliphatic carbocycles. The van der Waals surface area contributed by atoms with Crippen molar-refractivity contribution in [3.05, 3.63) is 140 Å². The van der Waals surface area contributed by atoms with E-state index in [2.05, 4.69) is 76.7 Å². The van der Waals surface area contributed by atoms with Crippen LogP contribution in [0.4, 0.5) is 0 Å². The fraction of sp³-hybridized carbons (Fsp3) is 0. The molecular formula is C39H23N7. The third-order valence-electron chi connectivity index (χ3n) is 8.27. The summed E-state index contributed by atoms with van der Waals surface area (Å²) in [6.45, 7) is 0. The Bertz CT molecular complexity index is 2510. The maximum Gasteiger partial charge on any atom is 0.182 e. The first-order chi connectivity index (χ1) is 22.8. The number of aromatic nitrogens is 7. The first-order valence-electron chi connectivity index (χ1n) is 15.0. The number of fused-ring (bicyclic) bond motifs is 6. The minimum absolute atomic E-state index is 0.466. The van der Waals surface area contributed by atoms with Crippen molar-refractivity contribution >= 4 is 43.2 Å². The molecule has 0 bridgehead atoms. The van der Waals surface area contributed by atoms with Crippen molar-refractivity contribution in [3.8, 4) is 45.8 Å². The lowest BCUT2D eigenvalue weighted by Gasteiger charge is -2.15. The van der Waals surface area contributed by atoms with E-state index in [1.54, 1.807) is 12.4 Å². The molecule has 0 amide bonds. The summed E-state index contributed by atoms with van der Waals surface area (Å²) in [5.41, 5.74) is 4.64. The van der Waals surface area contributed by atoms with Gasteiger partial charge in [0.2, 0.25) is 0 Å². The number of hydrogen-bond acceptors (Lipinski definition) is 7. The van der Waals surface area contributed by atoms with Crippen LogP contribution >= 0.6 is 0 Å². The molecule has 0 saturated carbocycles. The molecule has 4 aromatic carbocycles. The zero-order valence-corrected chi connectivity index (χ0v) is 24.4. The second-order valence-electron chi connectivity index (χ2n) is 11.0. The lowest BCUT2D eigenvalue weighted by molar-refractivity contribution is 1.05. The number of rotatable bonds is 4. The first kappa shape index (κ1) is 26.0. The summed E-state index contributed by atoms with van der Waals surface area (Å²) in [5, 5.41) is 7.64. The highest BCUT2D eigenvalue weighted by Gasteiger charge is 2.20. The topological polar surface area (TPSA) is 90.2 Å². The average molecular weight is 590 g/mol. The smallest absolute Gasteiger partial charge is 0.182 e. The van der Waals surface area contributed by atoms with Crippen molar-refractivity contribution in [2.75, 3.05) is 0 Å². The minimum atomic E-state index is 0.466. The summed E-state index contributed by atoms with van der Waals surface area (Å²) in [4.78, 5) is 33.9. The minimum Gasteiger partial charge on any atom is -0.253 e. The van der Waals surface area contributed by atoms with Gasteiger partial charge in [-0.3, -0.25) is 15.0 Å². The molecule has 0 fully saturated rings. The molecule has 7 nitrogen and oxygen atoms in total. The van der Waals surface area contributed by atoms with E-state index in [-0.39, 0.29) is 0 Å². The van der Waals surface area contributed by atoms with Gasteiger partial charge in [0.1, 0.15) is 11.4 Å². The molecule has 7 heteroatoms. The van der Waals surface area contributed by atoms with Crippen LogP contribution in [0.25, 0.3) is 89.0 Å². The third-order valence-corrected chi connectivity index (χ3v) is 8.27. The molecular weight excluding hydrogens is 566 g/mol. The van der Waals surface area contributed by atoms with Gasteiger partial charge in [0.05, 0.1) is 16.9 Å². The Labute approximate surface area is 263 Å². The zero-order chi connectivity index (χ0) is 30.5. The molecule has 9 aromatic rings. The number of pyridine rings is 4. The van der Waals surface area contributed by atoms with E-state index in [1.807, 2.05) is 60.8 Å². The van der Waals surface area contributed by atoms with Crippen LogP contribution in [0.15, 0.2) is 140 Å². The quantitative estimate of drug-likeness (QED) is 0.190. The Hall–Kier alpha value is -6.47. The van der Waals surface area contributed by atoms with Crippen molar-refractivity contribution in [3.63, 3.8) is 0 Å². The highest BCUT2D eigenvalue weighted by atomic mass is 15.1. The summed E-state index contributed by atoms with van der Waals surface area (Å²) in [7, 11) is 0. The number of benzene rings is 4. The summed E-state index contributed by atoms with van der Waals surface area (Å²) in [5.74, 6) is 1.43. The van der Waals surface area contributed by atoms with E-state index in [0.29, 0.717) is 28.9 Å². The Balaban J connectivity index is 1.31. The molecule has 9 rings (SSSR count). The van der Waals surface area contributed by atoms with E-state index in [4.69, 9.17) is 24.9 Å². The van der Waals surface area contributed by atoms with Gasteiger partial charge in [0.25, 0.3) is 0 Å². The van der Waals surface area contributed by atoms with Gasteiger partial charge in [-0.15, -0.1) is 0 Å². The van der Waals surface area contributed by atoms with Crippen molar-refractivity contribution in [1.29, 1.82) is 0 Å².